The van der Waals surface area contributed by atoms with Crippen molar-refractivity contribution < 1.29 is 9.84 Å². The molecule has 3 rings (SSSR count). The molecule has 0 unspecified atom stereocenters. The van der Waals surface area contributed by atoms with Gasteiger partial charge in [0.15, 0.2) is 0 Å². The van der Waals surface area contributed by atoms with Gasteiger partial charge in [-0.25, -0.2) is 0 Å². The smallest absolute Gasteiger partial charge is 0.119 e. The molecule has 0 radical (unpaired) electrons. The summed E-state index contributed by atoms with van der Waals surface area (Å²) >= 11 is 0. The summed E-state index contributed by atoms with van der Waals surface area (Å²) in [5.41, 5.74) is 3.28. The van der Waals surface area contributed by atoms with Crippen molar-refractivity contribution in [3.05, 3.63) is 42.0 Å². The number of hydrogen-bond acceptors (Lipinski definition) is 2. The van der Waals surface area contributed by atoms with Crippen LogP contribution < -0.4 is 4.74 Å². The second kappa shape index (κ2) is 4.78. The van der Waals surface area contributed by atoms with Crippen LogP contribution in [0.15, 0.2) is 36.4 Å². The molecule has 3 aromatic rings. The van der Waals surface area contributed by atoms with E-state index >= 15 is 0 Å². The molecule has 0 atom stereocenters. The van der Waals surface area contributed by atoms with E-state index < -0.39 is 0 Å². The van der Waals surface area contributed by atoms with Gasteiger partial charge in [0.1, 0.15) is 5.75 Å². The lowest BCUT2D eigenvalue weighted by Gasteiger charge is -2.24. The number of ether oxygens (including phenoxy) is 1. The van der Waals surface area contributed by atoms with E-state index in [2.05, 4.69) is 49.6 Å². The second-order valence-corrected chi connectivity index (χ2v) is 6.40. The van der Waals surface area contributed by atoms with Crippen LogP contribution in [0.1, 0.15) is 26.3 Å². The minimum absolute atomic E-state index is 0.0185. The molecular weight excluding hydrogens is 262 g/mol. The minimum atomic E-state index is -0.0185. The summed E-state index contributed by atoms with van der Waals surface area (Å²) in [6, 6.07) is 12.3. The molecule has 3 heteroatoms. The maximum absolute atomic E-state index is 9.41. The van der Waals surface area contributed by atoms with Crippen LogP contribution in [0.4, 0.5) is 0 Å². The minimum Gasteiger partial charge on any atom is -0.497 e. The highest BCUT2D eigenvalue weighted by Gasteiger charge is 2.20. The zero-order valence-electron chi connectivity index (χ0n) is 13.0. The van der Waals surface area contributed by atoms with Gasteiger partial charge in [-0.05, 0) is 56.7 Å². The van der Waals surface area contributed by atoms with Crippen LogP contribution in [0.2, 0.25) is 0 Å². The van der Waals surface area contributed by atoms with Gasteiger partial charge in [-0.15, -0.1) is 0 Å². The molecule has 0 fully saturated rings. The third-order valence-electron chi connectivity index (χ3n) is 3.89. The molecule has 0 spiro atoms. The first-order valence-electron chi connectivity index (χ1n) is 7.18. The topological polar surface area (TPSA) is 34.4 Å². The number of nitrogens with zero attached hydrogens (tertiary/aromatic N) is 1. The second-order valence-electron chi connectivity index (χ2n) is 6.40. The molecule has 21 heavy (non-hydrogen) atoms. The molecule has 110 valence electrons. The predicted octanol–water partition coefficient (Wildman–Crippen LogP) is 4.05. The quantitative estimate of drug-likeness (QED) is 0.770. The lowest BCUT2D eigenvalue weighted by atomic mass is 10.1. The van der Waals surface area contributed by atoms with Crippen LogP contribution in [0.25, 0.3) is 21.8 Å². The average molecular weight is 283 g/mol. The average Bonchev–Trinajstić information content (AvgIpc) is 2.79. The molecule has 0 saturated carbocycles. The Kier molecular flexibility index (Phi) is 3.18. The Hall–Kier alpha value is -2.00. The maximum Gasteiger partial charge on any atom is 0.119 e. The number of fused-ring (bicyclic) bond motifs is 3. The Bertz CT molecular complexity index is 748. The third-order valence-corrected chi connectivity index (χ3v) is 3.89. The van der Waals surface area contributed by atoms with Crippen molar-refractivity contribution in [2.24, 2.45) is 0 Å². The normalized spacial score (nSPS) is 12.2. The Morgan fingerprint density at radius 1 is 1.00 bits per heavy atom. The first-order valence-corrected chi connectivity index (χ1v) is 7.18. The van der Waals surface area contributed by atoms with Gasteiger partial charge in [-0.2, -0.15) is 0 Å². The summed E-state index contributed by atoms with van der Waals surface area (Å²) in [6.07, 6.45) is 0. The molecule has 1 aromatic heterocycles. The lowest BCUT2D eigenvalue weighted by Crippen LogP contribution is -2.21. The summed E-state index contributed by atoms with van der Waals surface area (Å²) < 4.78 is 7.71. The first kappa shape index (κ1) is 14.0. The number of aliphatic hydroxyl groups excluding tert-OH is 1. The van der Waals surface area contributed by atoms with E-state index in [4.69, 9.17) is 4.74 Å². The van der Waals surface area contributed by atoms with Gasteiger partial charge in [-0.1, -0.05) is 6.07 Å². The maximum atomic E-state index is 9.41. The zero-order chi connectivity index (χ0) is 15.2. The van der Waals surface area contributed by atoms with Crippen LogP contribution >= 0.6 is 0 Å². The Balaban J connectivity index is 2.48. The summed E-state index contributed by atoms with van der Waals surface area (Å²) in [5.74, 6) is 0.852. The highest BCUT2D eigenvalue weighted by molar-refractivity contribution is 6.09. The standard InChI is InChI=1S/C18H21NO2/c1-18(2,3)19-16-7-5-12(11-20)9-14(16)15-10-13(21-4)6-8-17(15)19/h5-10,20H,11H2,1-4H3. The summed E-state index contributed by atoms with van der Waals surface area (Å²) in [4.78, 5) is 0. The summed E-state index contributed by atoms with van der Waals surface area (Å²) in [7, 11) is 1.68. The van der Waals surface area contributed by atoms with E-state index in [0.717, 1.165) is 22.1 Å². The van der Waals surface area contributed by atoms with Crippen LogP contribution in [0.3, 0.4) is 0 Å². The Morgan fingerprint density at radius 2 is 1.62 bits per heavy atom. The number of aromatic nitrogens is 1. The van der Waals surface area contributed by atoms with Crippen molar-refractivity contribution in [1.29, 1.82) is 0 Å². The van der Waals surface area contributed by atoms with E-state index in [1.54, 1.807) is 7.11 Å². The third kappa shape index (κ3) is 2.18. The Morgan fingerprint density at radius 3 is 2.19 bits per heavy atom. The van der Waals surface area contributed by atoms with Gasteiger partial charge in [-0.3, -0.25) is 0 Å². The summed E-state index contributed by atoms with van der Waals surface area (Å²) in [5, 5.41) is 11.7. The van der Waals surface area contributed by atoms with Crippen molar-refractivity contribution in [3.8, 4) is 5.75 Å². The fourth-order valence-corrected chi connectivity index (χ4v) is 3.00. The fraction of sp³-hybridized carbons (Fsp3) is 0.333. The highest BCUT2D eigenvalue weighted by Crippen LogP contribution is 2.36. The number of methoxy groups -OCH3 is 1. The molecule has 0 aliphatic heterocycles. The van der Waals surface area contributed by atoms with Gasteiger partial charge in [0, 0.05) is 27.3 Å². The molecule has 2 aromatic carbocycles. The SMILES string of the molecule is COc1ccc2c(c1)c1cc(CO)ccc1n2C(C)(C)C. The first-order chi connectivity index (χ1) is 9.95. The molecule has 0 amide bonds. The largest absolute Gasteiger partial charge is 0.497 e. The molecule has 1 heterocycles. The predicted molar refractivity (Wildman–Crippen MR) is 86.9 cm³/mol. The monoisotopic (exact) mass is 283 g/mol. The van der Waals surface area contributed by atoms with Crippen LogP contribution in [-0.2, 0) is 12.1 Å². The summed E-state index contributed by atoms with van der Waals surface area (Å²) in [6.45, 7) is 6.67. The van der Waals surface area contributed by atoms with E-state index in [0.29, 0.717) is 0 Å². The number of rotatable bonds is 2. The van der Waals surface area contributed by atoms with Gasteiger partial charge in [0.2, 0.25) is 0 Å². The fourth-order valence-electron chi connectivity index (χ4n) is 3.00. The molecular formula is C18H21NO2. The number of hydrogen-bond donors (Lipinski definition) is 1. The van der Waals surface area contributed by atoms with E-state index in [9.17, 15) is 5.11 Å². The van der Waals surface area contributed by atoms with Crippen LogP contribution in [0, 0.1) is 0 Å². The van der Waals surface area contributed by atoms with Crippen LogP contribution in [-0.4, -0.2) is 16.8 Å². The molecule has 0 aliphatic rings. The van der Waals surface area contributed by atoms with Crippen molar-refractivity contribution in [3.63, 3.8) is 0 Å². The molecule has 0 aliphatic carbocycles. The zero-order valence-corrected chi connectivity index (χ0v) is 13.0. The van der Waals surface area contributed by atoms with Crippen molar-refractivity contribution in [2.45, 2.75) is 32.9 Å². The lowest BCUT2D eigenvalue weighted by molar-refractivity contribution is 0.282. The molecule has 0 bridgehead atoms. The molecule has 3 nitrogen and oxygen atoms in total. The van der Waals surface area contributed by atoms with Gasteiger partial charge >= 0.3 is 0 Å². The Labute approximate surface area is 124 Å². The number of benzene rings is 2. The van der Waals surface area contributed by atoms with E-state index in [1.165, 1.54) is 11.0 Å². The van der Waals surface area contributed by atoms with E-state index in [1.807, 2.05) is 12.1 Å². The van der Waals surface area contributed by atoms with Gasteiger partial charge < -0.3 is 14.4 Å². The van der Waals surface area contributed by atoms with Crippen molar-refractivity contribution >= 4 is 21.8 Å². The number of aliphatic hydroxyl groups is 1. The highest BCUT2D eigenvalue weighted by atomic mass is 16.5. The molecule has 1 N–H and O–H groups in total. The van der Waals surface area contributed by atoms with Gasteiger partial charge in [0.25, 0.3) is 0 Å². The van der Waals surface area contributed by atoms with E-state index in [-0.39, 0.29) is 12.1 Å². The molecule has 0 saturated heterocycles. The van der Waals surface area contributed by atoms with Crippen LogP contribution in [0.5, 0.6) is 5.75 Å². The van der Waals surface area contributed by atoms with Crippen molar-refractivity contribution in [2.75, 3.05) is 7.11 Å². The van der Waals surface area contributed by atoms with Gasteiger partial charge in [0.05, 0.1) is 13.7 Å². The van der Waals surface area contributed by atoms with Crippen molar-refractivity contribution in [1.82, 2.24) is 4.57 Å².